The second-order valence-corrected chi connectivity index (χ2v) is 11.5. The Morgan fingerprint density at radius 3 is 1.86 bits per heavy atom. The molecule has 1 amide bonds. The largest absolute Gasteiger partial charge is 1.00 e. The minimum absolute atomic E-state index is 0. The number of nitrogens with one attached hydrogen (secondary N) is 1. The van der Waals surface area contributed by atoms with Gasteiger partial charge in [-0.25, -0.2) is 27.4 Å². The number of hydrogen-bond acceptors (Lipinski definition) is 1. The van der Waals surface area contributed by atoms with E-state index in [9.17, 15) is 4.79 Å². The number of unbranched alkanes of at least 4 members (excludes halogenated alkanes) is 2. The number of imidazole rings is 3. The molecule has 3 aromatic rings. The van der Waals surface area contributed by atoms with E-state index in [1.165, 1.54) is 44.9 Å². The van der Waals surface area contributed by atoms with Crippen molar-refractivity contribution in [1.29, 1.82) is 0 Å². The lowest BCUT2D eigenvalue weighted by Crippen LogP contribution is -3.00. The van der Waals surface area contributed by atoms with Crippen LogP contribution in [0.15, 0.2) is 56.2 Å². The van der Waals surface area contributed by atoms with Gasteiger partial charge in [0.2, 0.25) is 25.4 Å². The number of aryl methyl sites for hydroxylation is 3. The Hall–Kier alpha value is -0.710. The molecule has 0 aromatic carbocycles. The molecule has 0 aliphatic carbocycles. The summed E-state index contributed by atoms with van der Waals surface area (Å²) in [5.74, 6) is 0.589. The van der Waals surface area contributed by atoms with Gasteiger partial charge in [0.05, 0.1) is 26.2 Å². The number of carbonyl (C=O) groups is 1. The fraction of sp³-hybridized carbons (Fsp3) is 0.688. The highest BCUT2D eigenvalue weighted by Crippen LogP contribution is 2.28. The molecule has 0 fully saturated rings. The zero-order valence-electron chi connectivity index (χ0n) is 26.8. The second-order valence-electron chi connectivity index (χ2n) is 11.5. The van der Waals surface area contributed by atoms with Gasteiger partial charge < -0.3 is 77.2 Å². The van der Waals surface area contributed by atoms with Crippen LogP contribution in [0.1, 0.15) is 104 Å². The molecule has 3 atom stereocenters. The van der Waals surface area contributed by atoms with Gasteiger partial charge in [-0.3, -0.25) is 4.79 Å². The number of nitrogens with zero attached hydrogens (tertiary/aromatic N) is 6. The molecule has 3 aromatic heterocycles. The van der Waals surface area contributed by atoms with Gasteiger partial charge in [-0.05, 0) is 44.9 Å². The normalized spacial score (nSPS) is 12.8. The van der Waals surface area contributed by atoms with Crippen LogP contribution >= 0.6 is 0 Å². The smallest absolute Gasteiger partial charge is 0.243 e. The first-order chi connectivity index (χ1) is 19.6. The van der Waals surface area contributed by atoms with Gasteiger partial charge in [0.1, 0.15) is 49.3 Å². The van der Waals surface area contributed by atoms with E-state index in [1.807, 2.05) is 0 Å². The lowest BCUT2D eigenvalue weighted by atomic mass is 9.91. The summed E-state index contributed by atoms with van der Waals surface area (Å²) in [6, 6.07) is 1.04. The van der Waals surface area contributed by atoms with E-state index in [4.69, 9.17) is 0 Å². The molecule has 3 unspecified atom stereocenters. The molecular formula is C32H56I3N7O. The average molecular weight is 936 g/mol. The zero-order chi connectivity index (χ0) is 28.6. The first-order valence-electron chi connectivity index (χ1n) is 15.9. The van der Waals surface area contributed by atoms with Crippen molar-refractivity contribution in [2.45, 2.75) is 130 Å². The zero-order valence-corrected chi connectivity index (χ0v) is 33.3. The van der Waals surface area contributed by atoms with Crippen LogP contribution in [0.4, 0.5) is 0 Å². The minimum atomic E-state index is 0. The van der Waals surface area contributed by atoms with E-state index in [1.54, 1.807) is 0 Å². The lowest BCUT2D eigenvalue weighted by molar-refractivity contribution is -0.703. The van der Waals surface area contributed by atoms with Gasteiger partial charge >= 0.3 is 0 Å². The molecule has 0 aliphatic heterocycles. The van der Waals surface area contributed by atoms with Crippen molar-refractivity contribution in [3.05, 3.63) is 56.2 Å². The molecule has 0 aliphatic rings. The van der Waals surface area contributed by atoms with E-state index < -0.39 is 0 Å². The van der Waals surface area contributed by atoms with Gasteiger partial charge in [-0.1, -0.05) is 40.5 Å². The van der Waals surface area contributed by atoms with Crippen molar-refractivity contribution in [1.82, 2.24) is 19.0 Å². The number of halogens is 3. The summed E-state index contributed by atoms with van der Waals surface area (Å²) in [5.41, 5.74) is 0. The molecule has 0 saturated carbocycles. The third kappa shape index (κ3) is 15.0. The highest BCUT2D eigenvalue weighted by Gasteiger charge is 2.25. The number of carbonyl (C=O) groups excluding carboxylic acids is 1. The minimum Gasteiger partial charge on any atom is -1.00 e. The fourth-order valence-electron chi connectivity index (χ4n) is 5.76. The van der Waals surface area contributed by atoms with Crippen molar-refractivity contribution in [2.75, 3.05) is 6.54 Å². The molecule has 1 N–H and O–H groups in total. The van der Waals surface area contributed by atoms with E-state index in [2.05, 4.69) is 117 Å². The summed E-state index contributed by atoms with van der Waals surface area (Å²) in [6.07, 6.45) is 32.8. The quantitative estimate of drug-likeness (QED) is 0.0474. The molecule has 43 heavy (non-hydrogen) atoms. The Balaban J connectivity index is 0.00000588. The van der Waals surface area contributed by atoms with Crippen LogP contribution in [0.3, 0.4) is 0 Å². The Morgan fingerprint density at radius 1 is 0.721 bits per heavy atom. The van der Waals surface area contributed by atoms with Gasteiger partial charge in [0, 0.05) is 18.9 Å². The van der Waals surface area contributed by atoms with Crippen molar-refractivity contribution in [3.8, 4) is 0 Å². The highest BCUT2D eigenvalue weighted by atomic mass is 127. The third-order valence-electron chi connectivity index (χ3n) is 8.30. The second kappa shape index (κ2) is 24.5. The first-order valence-corrected chi connectivity index (χ1v) is 15.9. The first kappa shape index (κ1) is 42.3. The SMILES string of the molecule is CCCC[n+]1ccn(C(CC)CCC(CC(CC)n2cc[n+](CCCC)c2)C[n+]2ccn(CCCNC=O)c2)c1.[I-].[I-].[I-]. The van der Waals surface area contributed by atoms with E-state index >= 15 is 0 Å². The van der Waals surface area contributed by atoms with Crippen molar-refractivity contribution in [3.63, 3.8) is 0 Å². The molecular weight excluding hydrogens is 879 g/mol. The summed E-state index contributed by atoms with van der Waals surface area (Å²) >= 11 is 0. The number of hydrogen-bond donors (Lipinski definition) is 1. The summed E-state index contributed by atoms with van der Waals surface area (Å²) in [7, 11) is 0. The van der Waals surface area contributed by atoms with Crippen LogP contribution in [0, 0.1) is 5.92 Å². The van der Waals surface area contributed by atoms with Gasteiger partial charge in [0.15, 0.2) is 0 Å². The topological polar surface area (TPSA) is 55.5 Å². The Morgan fingerprint density at radius 2 is 1.30 bits per heavy atom. The molecule has 0 bridgehead atoms. The van der Waals surface area contributed by atoms with Gasteiger partial charge in [-0.15, -0.1) is 0 Å². The molecule has 0 spiro atoms. The van der Waals surface area contributed by atoms with Gasteiger partial charge in [0.25, 0.3) is 0 Å². The predicted octanol–water partition coefficient (Wildman–Crippen LogP) is -4.21. The fourth-order valence-corrected chi connectivity index (χ4v) is 5.76. The average Bonchev–Trinajstić information content (AvgIpc) is 3.74. The van der Waals surface area contributed by atoms with Crippen molar-refractivity contribution in [2.24, 2.45) is 5.92 Å². The molecule has 0 saturated heterocycles. The summed E-state index contributed by atoms with van der Waals surface area (Å²) in [4.78, 5) is 10.5. The van der Waals surface area contributed by atoms with E-state index in [0.717, 1.165) is 51.9 Å². The van der Waals surface area contributed by atoms with Crippen LogP contribution in [0.25, 0.3) is 0 Å². The van der Waals surface area contributed by atoms with Crippen LogP contribution in [-0.2, 0) is 31.0 Å². The predicted molar refractivity (Wildman–Crippen MR) is 158 cm³/mol. The maximum absolute atomic E-state index is 10.5. The Labute approximate surface area is 312 Å². The summed E-state index contributed by atoms with van der Waals surface area (Å²) < 4.78 is 14.2. The van der Waals surface area contributed by atoms with Crippen molar-refractivity contribution < 1.29 is 90.4 Å². The number of rotatable bonds is 22. The number of aromatic nitrogens is 6. The third-order valence-corrected chi connectivity index (χ3v) is 8.30. The summed E-state index contributed by atoms with van der Waals surface area (Å²) in [6.45, 7) is 14.0. The molecule has 8 nitrogen and oxygen atoms in total. The van der Waals surface area contributed by atoms with Gasteiger partial charge in [-0.2, -0.15) is 0 Å². The molecule has 0 radical (unpaired) electrons. The summed E-state index contributed by atoms with van der Waals surface area (Å²) in [5, 5.41) is 2.76. The molecule has 3 rings (SSSR count). The van der Waals surface area contributed by atoms with E-state index in [0.29, 0.717) is 24.5 Å². The Kier molecular flexibility index (Phi) is 24.1. The van der Waals surface area contributed by atoms with Crippen molar-refractivity contribution >= 4 is 6.41 Å². The van der Waals surface area contributed by atoms with Crippen LogP contribution in [0.5, 0.6) is 0 Å². The van der Waals surface area contributed by atoms with Crippen LogP contribution < -0.4 is 90.9 Å². The maximum atomic E-state index is 10.5. The highest BCUT2D eigenvalue weighted by molar-refractivity contribution is 5.45. The van der Waals surface area contributed by atoms with Crippen LogP contribution in [0.2, 0.25) is 0 Å². The van der Waals surface area contributed by atoms with Crippen LogP contribution in [-0.4, -0.2) is 26.7 Å². The number of amides is 1. The monoisotopic (exact) mass is 935 g/mol. The molecule has 246 valence electrons. The molecule has 11 heteroatoms. The lowest BCUT2D eigenvalue weighted by Gasteiger charge is -2.21. The maximum Gasteiger partial charge on any atom is 0.243 e. The molecule has 3 heterocycles. The Bertz CT molecular complexity index is 1100. The van der Waals surface area contributed by atoms with E-state index in [-0.39, 0.29) is 71.9 Å². The standard InChI is InChI=1S/C32H55N7O.3HI/c1-5-9-15-35-20-22-38(28-35)31(7-3)13-12-30(25-37-19-18-34(27-37)17-11-14-33-26-40)24-32(8-4)39-23-21-36(29-39)16-10-6-2;;;/h18-23,26-32H,5-17,24-25H2,1-4H3;3*1H/q+2;;;/p-2.